The topological polar surface area (TPSA) is 76.5 Å². The Hall–Kier alpha value is -1.63. The van der Waals surface area contributed by atoms with Gasteiger partial charge in [-0.2, -0.15) is 0 Å². The minimum atomic E-state index is -3.68. The lowest BCUT2D eigenvalue weighted by Crippen LogP contribution is -2.22. The lowest BCUT2D eigenvalue weighted by atomic mass is 10.1. The second-order valence-electron chi connectivity index (χ2n) is 6.83. The molecule has 1 aromatic heterocycles. The van der Waals surface area contributed by atoms with Crippen LogP contribution in [-0.4, -0.2) is 20.4 Å². The molecule has 0 saturated heterocycles. The van der Waals surface area contributed by atoms with Crippen LogP contribution in [0.4, 0.5) is 0 Å². The highest BCUT2D eigenvalue weighted by Gasteiger charge is 2.36. The van der Waals surface area contributed by atoms with Crippen molar-refractivity contribution in [2.45, 2.75) is 43.7 Å². The van der Waals surface area contributed by atoms with Gasteiger partial charge >= 0.3 is 0 Å². The molecule has 130 valence electrons. The van der Waals surface area contributed by atoms with Crippen LogP contribution in [0.1, 0.15) is 49.3 Å². The number of furan rings is 1. The normalized spacial score (nSPS) is 21.9. The van der Waals surface area contributed by atoms with Crippen LogP contribution in [0.5, 0.6) is 0 Å². The molecule has 1 aliphatic rings. The Morgan fingerprint density at radius 3 is 2.67 bits per heavy atom. The number of primary sulfonamides is 1. The van der Waals surface area contributed by atoms with Crippen molar-refractivity contribution < 1.29 is 12.8 Å². The minimum absolute atomic E-state index is 0.0418. The number of sulfonamides is 1. The van der Waals surface area contributed by atoms with E-state index in [1.54, 1.807) is 12.1 Å². The maximum absolute atomic E-state index is 11.5. The van der Waals surface area contributed by atoms with Crippen LogP contribution in [0, 0.1) is 5.92 Å². The molecule has 0 unspecified atom stereocenters. The molecular formula is C18H24N2O3S. The van der Waals surface area contributed by atoms with E-state index in [0.29, 0.717) is 12.5 Å². The third-order valence-electron chi connectivity index (χ3n) is 4.89. The van der Waals surface area contributed by atoms with E-state index in [0.717, 1.165) is 23.0 Å². The molecule has 5 nitrogen and oxygen atoms in total. The zero-order chi connectivity index (χ0) is 17.5. The van der Waals surface area contributed by atoms with Gasteiger partial charge in [-0.15, -0.1) is 0 Å². The van der Waals surface area contributed by atoms with E-state index in [4.69, 9.17) is 9.56 Å². The van der Waals surface area contributed by atoms with Crippen molar-refractivity contribution in [3.8, 4) is 0 Å². The Bertz CT molecular complexity index is 828. The fourth-order valence-electron chi connectivity index (χ4n) is 2.99. The van der Waals surface area contributed by atoms with Gasteiger partial charge < -0.3 is 4.42 Å². The molecule has 24 heavy (non-hydrogen) atoms. The molecule has 1 aromatic carbocycles. The quantitative estimate of drug-likeness (QED) is 0.869. The number of hydrogen-bond donors (Lipinski definition) is 1. The Labute approximate surface area is 143 Å². The monoisotopic (exact) mass is 348 g/mol. The molecule has 3 rings (SSSR count). The smallest absolute Gasteiger partial charge is 0.238 e. The van der Waals surface area contributed by atoms with Gasteiger partial charge in [0.1, 0.15) is 11.5 Å². The molecule has 6 heteroatoms. The van der Waals surface area contributed by atoms with Crippen LogP contribution in [0.15, 0.2) is 45.7 Å². The lowest BCUT2D eigenvalue weighted by Gasteiger charge is -2.24. The molecule has 0 aliphatic heterocycles. The van der Waals surface area contributed by atoms with Gasteiger partial charge in [-0.05, 0) is 56.1 Å². The Morgan fingerprint density at radius 2 is 2.04 bits per heavy atom. The zero-order valence-corrected chi connectivity index (χ0v) is 15.1. The first-order valence-corrected chi connectivity index (χ1v) is 9.72. The summed E-state index contributed by atoms with van der Waals surface area (Å²) in [6.45, 7) is 4.94. The molecule has 1 heterocycles. The van der Waals surface area contributed by atoms with E-state index in [-0.39, 0.29) is 10.9 Å². The highest BCUT2D eigenvalue weighted by atomic mass is 32.2. The molecule has 3 atom stereocenters. The van der Waals surface area contributed by atoms with Gasteiger partial charge in [0.15, 0.2) is 0 Å². The molecule has 0 spiro atoms. The van der Waals surface area contributed by atoms with Crippen LogP contribution < -0.4 is 5.14 Å². The van der Waals surface area contributed by atoms with E-state index in [2.05, 4.69) is 17.9 Å². The SMILES string of the molecule is C[C@@H]1C[C@@H]1c1ccc(CN(C)[C@H](C)c2cccc(S(N)(=O)=O)c2)o1. The maximum atomic E-state index is 11.5. The minimum Gasteiger partial charge on any atom is -0.464 e. The second-order valence-corrected chi connectivity index (χ2v) is 8.39. The first-order valence-electron chi connectivity index (χ1n) is 8.17. The summed E-state index contributed by atoms with van der Waals surface area (Å²) >= 11 is 0. The summed E-state index contributed by atoms with van der Waals surface area (Å²) in [6.07, 6.45) is 1.21. The van der Waals surface area contributed by atoms with Crippen molar-refractivity contribution >= 4 is 10.0 Å². The van der Waals surface area contributed by atoms with E-state index in [9.17, 15) is 8.42 Å². The second kappa shape index (κ2) is 6.35. The molecule has 2 aromatic rings. The molecule has 0 radical (unpaired) electrons. The van der Waals surface area contributed by atoms with Gasteiger partial charge in [0.25, 0.3) is 0 Å². The van der Waals surface area contributed by atoms with Gasteiger partial charge in [-0.3, -0.25) is 4.90 Å². The third kappa shape index (κ3) is 3.71. The Morgan fingerprint density at radius 1 is 1.33 bits per heavy atom. The molecule has 0 amide bonds. The summed E-state index contributed by atoms with van der Waals surface area (Å²) in [5.74, 6) is 3.31. The molecular weight excluding hydrogens is 324 g/mol. The summed E-state index contributed by atoms with van der Waals surface area (Å²) in [7, 11) is -1.69. The molecule has 0 bridgehead atoms. The maximum Gasteiger partial charge on any atom is 0.238 e. The lowest BCUT2D eigenvalue weighted by molar-refractivity contribution is 0.230. The Balaban J connectivity index is 1.70. The van der Waals surface area contributed by atoms with Crippen LogP contribution in [-0.2, 0) is 16.6 Å². The Kier molecular flexibility index (Phi) is 4.55. The average molecular weight is 348 g/mol. The molecule has 1 fully saturated rings. The van der Waals surface area contributed by atoms with Crippen molar-refractivity contribution in [3.63, 3.8) is 0 Å². The van der Waals surface area contributed by atoms with Crippen LogP contribution in [0.2, 0.25) is 0 Å². The third-order valence-corrected chi connectivity index (χ3v) is 5.80. The van der Waals surface area contributed by atoms with Gasteiger partial charge in [0.2, 0.25) is 10.0 Å². The van der Waals surface area contributed by atoms with Crippen LogP contribution in [0.3, 0.4) is 0 Å². The number of hydrogen-bond acceptors (Lipinski definition) is 4. The molecule has 1 aliphatic carbocycles. The number of nitrogens with zero attached hydrogens (tertiary/aromatic N) is 1. The van der Waals surface area contributed by atoms with E-state index in [1.807, 2.05) is 26.1 Å². The van der Waals surface area contributed by atoms with Crippen LogP contribution in [0.25, 0.3) is 0 Å². The fraction of sp³-hybridized carbons (Fsp3) is 0.444. The van der Waals surface area contributed by atoms with Crippen molar-refractivity contribution in [1.29, 1.82) is 0 Å². The fourth-order valence-corrected chi connectivity index (χ4v) is 3.55. The summed E-state index contributed by atoms with van der Waals surface area (Å²) < 4.78 is 29.0. The number of rotatable bonds is 6. The first kappa shape index (κ1) is 17.2. The summed E-state index contributed by atoms with van der Waals surface area (Å²) in [4.78, 5) is 2.27. The van der Waals surface area contributed by atoms with Gasteiger partial charge in [-0.25, -0.2) is 13.6 Å². The van der Waals surface area contributed by atoms with Gasteiger partial charge in [0, 0.05) is 12.0 Å². The number of benzene rings is 1. The van der Waals surface area contributed by atoms with Gasteiger partial charge in [0.05, 0.1) is 11.4 Å². The van der Waals surface area contributed by atoms with E-state index < -0.39 is 10.0 Å². The number of nitrogens with two attached hydrogens (primary N) is 1. The van der Waals surface area contributed by atoms with Gasteiger partial charge in [-0.1, -0.05) is 19.1 Å². The average Bonchev–Trinajstić information content (AvgIpc) is 3.08. The zero-order valence-electron chi connectivity index (χ0n) is 14.3. The van der Waals surface area contributed by atoms with Crippen molar-refractivity contribution in [3.05, 3.63) is 53.5 Å². The van der Waals surface area contributed by atoms with E-state index >= 15 is 0 Å². The van der Waals surface area contributed by atoms with Crippen molar-refractivity contribution in [1.82, 2.24) is 4.90 Å². The van der Waals surface area contributed by atoms with Crippen molar-refractivity contribution in [2.75, 3.05) is 7.05 Å². The first-order chi connectivity index (χ1) is 11.3. The summed E-state index contributed by atoms with van der Waals surface area (Å²) in [5.41, 5.74) is 0.909. The highest BCUT2D eigenvalue weighted by molar-refractivity contribution is 7.89. The predicted molar refractivity (Wildman–Crippen MR) is 92.9 cm³/mol. The van der Waals surface area contributed by atoms with Crippen molar-refractivity contribution in [2.24, 2.45) is 11.1 Å². The highest BCUT2D eigenvalue weighted by Crippen LogP contribution is 2.47. The largest absolute Gasteiger partial charge is 0.464 e. The summed E-state index contributed by atoms with van der Waals surface area (Å²) in [6, 6.07) is 10.9. The van der Waals surface area contributed by atoms with Crippen LogP contribution >= 0.6 is 0 Å². The predicted octanol–water partition coefficient (Wildman–Crippen LogP) is 3.24. The molecule has 1 saturated carbocycles. The standard InChI is InChI=1S/C18H24N2O3S/c1-12-9-17(12)18-8-7-15(23-18)11-20(3)13(2)14-5-4-6-16(10-14)24(19,21)22/h4-8,10,12-13,17H,9,11H2,1-3H3,(H2,19,21,22)/t12-,13-,17+/m1/s1. The summed E-state index contributed by atoms with van der Waals surface area (Å²) in [5, 5.41) is 5.22. The van der Waals surface area contributed by atoms with E-state index in [1.165, 1.54) is 12.5 Å². The molecule has 2 N–H and O–H groups in total.